The molecule has 0 aliphatic heterocycles. The first-order chi connectivity index (χ1) is 10.9. The molecule has 23 heavy (non-hydrogen) atoms. The molecule has 0 saturated heterocycles. The highest BCUT2D eigenvalue weighted by Crippen LogP contribution is 2.34. The van der Waals surface area contributed by atoms with Crippen LogP contribution < -0.4 is 15.2 Å². The molecule has 3 N–H and O–H groups in total. The van der Waals surface area contributed by atoms with E-state index >= 15 is 0 Å². The number of nitrogens with two attached hydrogens (primary N) is 1. The molecule has 1 saturated carbocycles. The number of halogens is 1. The van der Waals surface area contributed by atoms with Crippen molar-refractivity contribution in [1.29, 1.82) is 0 Å². The van der Waals surface area contributed by atoms with E-state index in [0.29, 0.717) is 17.5 Å². The van der Waals surface area contributed by atoms with Gasteiger partial charge in [-0.2, -0.15) is 0 Å². The first-order valence-corrected chi connectivity index (χ1v) is 9.41. The Bertz CT molecular complexity index is 634. The van der Waals surface area contributed by atoms with Crippen LogP contribution in [0.1, 0.15) is 19.8 Å². The molecule has 6 nitrogen and oxygen atoms in total. The fourth-order valence-corrected chi connectivity index (χ4v) is 4.09. The van der Waals surface area contributed by atoms with E-state index in [1.54, 1.807) is 26.2 Å². The number of ether oxygens (including phenoxy) is 2. The number of benzene rings is 1. The summed E-state index contributed by atoms with van der Waals surface area (Å²) in [5, 5.41) is 0.327. The third-order valence-electron chi connectivity index (χ3n) is 3.68. The SMILES string of the molecule is COCC(C)Oc1ccc(Cl)cc1S(=O)(=O)NC(CN)C1CC1. The third kappa shape index (κ3) is 5.06. The van der Waals surface area contributed by atoms with Gasteiger partial charge in [-0.1, -0.05) is 11.6 Å². The van der Waals surface area contributed by atoms with Crippen LogP contribution in [-0.2, 0) is 14.8 Å². The van der Waals surface area contributed by atoms with Crippen molar-refractivity contribution in [3.8, 4) is 5.75 Å². The summed E-state index contributed by atoms with van der Waals surface area (Å²) < 4.78 is 38.8. The monoisotopic (exact) mass is 362 g/mol. The minimum Gasteiger partial charge on any atom is -0.487 e. The second-order valence-corrected chi connectivity index (χ2v) is 7.89. The highest BCUT2D eigenvalue weighted by atomic mass is 35.5. The van der Waals surface area contributed by atoms with Crippen LogP contribution in [0.4, 0.5) is 0 Å². The van der Waals surface area contributed by atoms with Gasteiger partial charge in [-0.3, -0.25) is 0 Å². The molecule has 0 heterocycles. The number of hydrogen-bond acceptors (Lipinski definition) is 5. The minimum atomic E-state index is -3.77. The van der Waals surface area contributed by atoms with Crippen molar-refractivity contribution >= 4 is 21.6 Å². The normalized spacial score (nSPS) is 17.7. The molecule has 0 amide bonds. The maximum absolute atomic E-state index is 12.7. The van der Waals surface area contributed by atoms with E-state index in [-0.39, 0.29) is 29.3 Å². The van der Waals surface area contributed by atoms with Gasteiger partial charge < -0.3 is 15.2 Å². The Morgan fingerprint density at radius 1 is 1.43 bits per heavy atom. The van der Waals surface area contributed by atoms with E-state index in [1.165, 1.54) is 6.07 Å². The Morgan fingerprint density at radius 2 is 2.13 bits per heavy atom. The molecule has 0 bridgehead atoms. The van der Waals surface area contributed by atoms with Gasteiger partial charge in [0.1, 0.15) is 16.7 Å². The summed E-state index contributed by atoms with van der Waals surface area (Å²) in [5.41, 5.74) is 5.69. The van der Waals surface area contributed by atoms with Crippen molar-refractivity contribution < 1.29 is 17.9 Å². The number of methoxy groups -OCH3 is 1. The van der Waals surface area contributed by atoms with Crippen LogP contribution in [0.25, 0.3) is 0 Å². The number of sulfonamides is 1. The second kappa shape index (κ2) is 7.81. The van der Waals surface area contributed by atoms with Crippen molar-refractivity contribution in [3.05, 3.63) is 23.2 Å². The van der Waals surface area contributed by atoms with Crippen LogP contribution in [0.5, 0.6) is 5.75 Å². The van der Waals surface area contributed by atoms with Gasteiger partial charge in [-0.25, -0.2) is 13.1 Å². The molecule has 1 aromatic rings. The lowest BCUT2D eigenvalue weighted by molar-refractivity contribution is 0.0901. The average Bonchev–Trinajstić information content (AvgIpc) is 3.31. The first kappa shape index (κ1) is 18.5. The highest BCUT2D eigenvalue weighted by molar-refractivity contribution is 7.89. The van der Waals surface area contributed by atoms with Crippen molar-refractivity contribution in [2.24, 2.45) is 11.7 Å². The smallest absolute Gasteiger partial charge is 0.244 e. The molecule has 1 fully saturated rings. The Morgan fingerprint density at radius 3 is 2.70 bits per heavy atom. The van der Waals surface area contributed by atoms with Crippen molar-refractivity contribution in [1.82, 2.24) is 4.72 Å². The van der Waals surface area contributed by atoms with Crippen molar-refractivity contribution in [2.75, 3.05) is 20.3 Å². The van der Waals surface area contributed by atoms with Gasteiger partial charge in [0.05, 0.1) is 6.61 Å². The van der Waals surface area contributed by atoms with Gasteiger partial charge in [-0.05, 0) is 43.9 Å². The Hall–Kier alpha value is -0.860. The predicted molar refractivity (Wildman–Crippen MR) is 89.3 cm³/mol. The molecule has 1 aliphatic rings. The molecule has 1 aromatic carbocycles. The van der Waals surface area contributed by atoms with Crippen LogP contribution in [0.15, 0.2) is 23.1 Å². The average molecular weight is 363 g/mol. The van der Waals surface area contributed by atoms with Crippen molar-refractivity contribution in [2.45, 2.75) is 36.8 Å². The molecule has 0 aromatic heterocycles. The minimum absolute atomic E-state index is 0.0204. The largest absolute Gasteiger partial charge is 0.487 e. The summed E-state index contributed by atoms with van der Waals surface area (Å²) in [6.45, 7) is 2.42. The van der Waals surface area contributed by atoms with Crippen LogP contribution in [0, 0.1) is 5.92 Å². The Labute approximate surface area is 142 Å². The zero-order valence-electron chi connectivity index (χ0n) is 13.3. The van der Waals surface area contributed by atoms with Gasteiger partial charge in [0.25, 0.3) is 0 Å². The summed E-state index contributed by atoms with van der Waals surface area (Å²) in [5.74, 6) is 0.559. The molecular formula is C15H23ClN2O4S. The topological polar surface area (TPSA) is 90.6 Å². The van der Waals surface area contributed by atoms with E-state index in [9.17, 15) is 8.42 Å². The molecule has 1 aliphatic carbocycles. The fraction of sp³-hybridized carbons (Fsp3) is 0.600. The molecule has 2 rings (SSSR count). The molecule has 2 atom stereocenters. The van der Waals surface area contributed by atoms with Crippen LogP contribution in [-0.4, -0.2) is 40.8 Å². The third-order valence-corrected chi connectivity index (χ3v) is 5.42. The zero-order valence-corrected chi connectivity index (χ0v) is 14.9. The van der Waals surface area contributed by atoms with E-state index < -0.39 is 10.0 Å². The summed E-state index contributed by atoms with van der Waals surface area (Å²) in [6.07, 6.45) is 1.70. The van der Waals surface area contributed by atoms with E-state index in [1.807, 2.05) is 0 Å². The molecule has 130 valence electrons. The van der Waals surface area contributed by atoms with Crippen LogP contribution >= 0.6 is 11.6 Å². The highest BCUT2D eigenvalue weighted by Gasteiger charge is 2.34. The molecule has 2 unspecified atom stereocenters. The lowest BCUT2D eigenvalue weighted by Gasteiger charge is -2.20. The van der Waals surface area contributed by atoms with Gasteiger partial charge >= 0.3 is 0 Å². The van der Waals surface area contributed by atoms with Gasteiger partial charge in [0.15, 0.2) is 0 Å². The number of nitrogens with one attached hydrogen (secondary N) is 1. The standard InChI is InChI=1S/C15H23ClN2O4S/c1-10(9-21-2)22-14-6-5-12(16)7-15(14)23(19,20)18-13(8-17)11-3-4-11/h5-7,10-11,13,18H,3-4,8-9,17H2,1-2H3. The lowest BCUT2D eigenvalue weighted by atomic mass is 10.2. The van der Waals surface area contributed by atoms with E-state index in [4.69, 9.17) is 26.8 Å². The summed E-state index contributed by atoms with van der Waals surface area (Å²) in [6, 6.07) is 4.27. The summed E-state index contributed by atoms with van der Waals surface area (Å²) in [4.78, 5) is 0.0204. The zero-order chi connectivity index (χ0) is 17.0. The number of hydrogen-bond donors (Lipinski definition) is 2. The lowest BCUT2D eigenvalue weighted by Crippen LogP contribution is -2.41. The molecule has 0 radical (unpaired) electrons. The van der Waals surface area contributed by atoms with Gasteiger partial charge in [0.2, 0.25) is 10.0 Å². The maximum Gasteiger partial charge on any atom is 0.244 e. The number of rotatable bonds is 9. The van der Waals surface area contributed by atoms with E-state index in [2.05, 4.69) is 4.72 Å². The van der Waals surface area contributed by atoms with Crippen LogP contribution in [0.2, 0.25) is 5.02 Å². The molecular weight excluding hydrogens is 340 g/mol. The fourth-order valence-electron chi connectivity index (χ4n) is 2.37. The van der Waals surface area contributed by atoms with E-state index in [0.717, 1.165) is 12.8 Å². The summed E-state index contributed by atoms with van der Waals surface area (Å²) in [7, 11) is -2.21. The van der Waals surface area contributed by atoms with Crippen LogP contribution in [0.3, 0.4) is 0 Å². The van der Waals surface area contributed by atoms with Gasteiger partial charge in [0, 0.05) is 24.7 Å². The van der Waals surface area contributed by atoms with Crippen molar-refractivity contribution in [3.63, 3.8) is 0 Å². The predicted octanol–water partition coefficient (Wildman–Crippen LogP) is 1.77. The van der Waals surface area contributed by atoms with Gasteiger partial charge in [-0.15, -0.1) is 0 Å². The summed E-state index contributed by atoms with van der Waals surface area (Å²) >= 11 is 5.97. The quantitative estimate of drug-likeness (QED) is 0.698. The Balaban J connectivity index is 2.26. The Kier molecular flexibility index (Phi) is 6.27. The second-order valence-electron chi connectivity index (χ2n) is 5.78. The molecule has 8 heteroatoms. The maximum atomic E-state index is 12.7. The first-order valence-electron chi connectivity index (χ1n) is 7.55. The molecule has 0 spiro atoms.